The molecule has 0 fully saturated rings. The summed E-state index contributed by atoms with van der Waals surface area (Å²) >= 11 is 0. The van der Waals surface area contributed by atoms with Crippen molar-refractivity contribution < 1.29 is 18.3 Å². The van der Waals surface area contributed by atoms with Gasteiger partial charge in [-0.3, -0.25) is 0 Å². The van der Waals surface area contributed by atoms with Gasteiger partial charge in [0, 0.05) is 5.69 Å². The minimum atomic E-state index is -0.974. The zero-order valence-corrected chi connectivity index (χ0v) is 10.8. The Labute approximate surface area is 115 Å². The lowest BCUT2D eigenvalue weighted by molar-refractivity contribution is 0.0472. The molecule has 20 heavy (non-hydrogen) atoms. The van der Waals surface area contributed by atoms with Crippen LogP contribution in [0.15, 0.2) is 36.4 Å². The van der Waals surface area contributed by atoms with Crippen molar-refractivity contribution in [1.82, 2.24) is 0 Å². The predicted molar refractivity (Wildman–Crippen MR) is 71.1 cm³/mol. The van der Waals surface area contributed by atoms with E-state index in [1.165, 1.54) is 12.1 Å². The van der Waals surface area contributed by atoms with Gasteiger partial charge in [0.2, 0.25) is 0 Å². The van der Waals surface area contributed by atoms with Gasteiger partial charge in [0.15, 0.2) is 11.6 Å². The van der Waals surface area contributed by atoms with E-state index in [9.17, 15) is 13.6 Å². The van der Waals surface area contributed by atoms with Crippen LogP contribution in [0.2, 0.25) is 0 Å². The van der Waals surface area contributed by atoms with E-state index in [1.54, 1.807) is 12.1 Å². The molecule has 0 radical (unpaired) electrons. The topological polar surface area (TPSA) is 52.3 Å². The van der Waals surface area contributed by atoms with E-state index < -0.39 is 17.6 Å². The van der Waals surface area contributed by atoms with Gasteiger partial charge in [-0.2, -0.15) is 0 Å². The van der Waals surface area contributed by atoms with Crippen molar-refractivity contribution in [2.24, 2.45) is 0 Å². The minimum Gasteiger partial charge on any atom is -0.457 e. The molecule has 2 aromatic carbocycles. The van der Waals surface area contributed by atoms with Crippen LogP contribution in [-0.4, -0.2) is 5.97 Å². The molecule has 0 aliphatic heterocycles. The molecule has 0 aromatic heterocycles. The fourth-order valence-corrected chi connectivity index (χ4v) is 1.79. The normalized spacial score (nSPS) is 10.3. The third-order valence-electron chi connectivity index (χ3n) is 2.69. The second kappa shape index (κ2) is 5.69. The number of nitrogens with two attached hydrogens (primary N) is 1. The first-order valence-corrected chi connectivity index (χ1v) is 5.94. The first-order valence-electron chi connectivity index (χ1n) is 5.94. The van der Waals surface area contributed by atoms with Gasteiger partial charge < -0.3 is 10.5 Å². The summed E-state index contributed by atoms with van der Waals surface area (Å²) in [6.45, 7) is 1.67. The average Bonchev–Trinajstić information content (AvgIpc) is 2.38. The SMILES string of the molecule is Cc1cc(N)cc(C(=O)OCc2ccc(F)c(F)c2)c1. The van der Waals surface area contributed by atoms with Gasteiger partial charge in [0.25, 0.3) is 0 Å². The lowest BCUT2D eigenvalue weighted by Crippen LogP contribution is -2.06. The zero-order valence-electron chi connectivity index (χ0n) is 10.8. The van der Waals surface area contributed by atoms with Crippen LogP contribution in [0.3, 0.4) is 0 Å². The number of benzene rings is 2. The highest BCUT2D eigenvalue weighted by molar-refractivity contribution is 5.90. The lowest BCUT2D eigenvalue weighted by Gasteiger charge is -2.07. The fraction of sp³-hybridized carbons (Fsp3) is 0.133. The van der Waals surface area contributed by atoms with Gasteiger partial charge >= 0.3 is 5.97 Å². The first kappa shape index (κ1) is 14.0. The Hall–Kier alpha value is -2.43. The third kappa shape index (κ3) is 3.32. The summed E-state index contributed by atoms with van der Waals surface area (Å²) in [4.78, 5) is 11.8. The highest BCUT2D eigenvalue weighted by Gasteiger charge is 2.10. The summed E-state index contributed by atoms with van der Waals surface area (Å²) in [5.74, 6) is -2.48. The number of hydrogen-bond donors (Lipinski definition) is 1. The number of carbonyl (C=O) groups is 1. The van der Waals surface area contributed by atoms with Crippen molar-refractivity contribution in [3.63, 3.8) is 0 Å². The Bertz CT molecular complexity index is 636. The smallest absolute Gasteiger partial charge is 0.338 e. The van der Waals surface area contributed by atoms with E-state index in [4.69, 9.17) is 10.5 Å². The second-order valence-electron chi connectivity index (χ2n) is 4.46. The van der Waals surface area contributed by atoms with Gasteiger partial charge in [0.05, 0.1) is 5.56 Å². The molecule has 5 heteroatoms. The van der Waals surface area contributed by atoms with Crippen LogP contribution in [0.1, 0.15) is 21.5 Å². The van der Waals surface area contributed by atoms with E-state index in [0.29, 0.717) is 16.8 Å². The minimum absolute atomic E-state index is 0.135. The summed E-state index contributed by atoms with van der Waals surface area (Å²) < 4.78 is 30.8. The van der Waals surface area contributed by atoms with Crippen molar-refractivity contribution in [1.29, 1.82) is 0 Å². The van der Waals surface area contributed by atoms with Crippen LogP contribution < -0.4 is 5.73 Å². The molecule has 104 valence electrons. The number of anilines is 1. The maximum atomic E-state index is 13.0. The Balaban J connectivity index is 2.06. The van der Waals surface area contributed by atoms with Gasteiger partial charge in [-0.15, -0.1) is 0 Å². The number of nitrogen functional groups attached to an aromatic ring is 1. The van der Waals surface area contributed by atoms with E-state index in [2.05, 4.69) is 0 Å². The first-order chi connectivity index (χ1) is 9.45. The van der Waals surface area contributed by atoms with Crippen molar-refractivity contribution >= 4 is 11.7 Å². The molecule has 0 aliphatic carbocycles. The molecule has 0 atom stereocenters. The summed E-state index contributed by atoms with van der Waals surface area (Å²) in [6.07, 6.45) is 0. The number of rotatable bonds is 3. The molecular formula is C15H13F2NO2. The molecular weight excluding hydrogens is 264 g/mol. The lowest BCUT2D eigenvalue weighted by atomic mass is 10.1. The summed E-state index contributed by atoms with van der Waals surface area (Å²) in [5.41, 5.74) is 7.64. The highest BCUT2D eigenvalue weighted by atomic mass is 19.2. The van der Waals surface area contributed by atoms with Crippen molar-refractivity contribution in [2.45, 2.75) is 13.5 Å². The van der Waals surface area contributed by atoms with Crippen molar-refractivity contribution in [2.75, 3.05) is 5.73 Å². The molecule has 2 N–H and O–H groups in total. The predicted octanol–water partition coefficient (Wildman–Crippen LogP) is 3.21. The highest BCUT2D eigenvalue weighted by Crippen LogP contribution is 2.14. The van der Waals surface area contributed by atoms with Crippen LogP contribution in [0.5, 0.6) is 0 Å². The van der Waals surface area contributed by atoms with Crippen LogP contribution in [0.25, 0.3) is 0 Å². The van der Waals surface area contributed by atoms with E-state index in [-0.39, 0.29) is 6.61 Å². The second-order valence-corrected chi connectivity index (χ2v) is 4.46. The molecule has 3 nitrogen and oxygen atoms in total. The van der Waals surface area contributed by atoms with Crippen LogP contribution >= 0.6 is 0 Å². The average molecular weight is 277 g/mol. The monoisotopic (exact) mass is 277 g/mol. The third-order valence-corrected chi connectivity index (χ3v) is 2.69. The zero-order chi connectivity index (χ0) is 14.7. The van der Waals surface area contributed by atoms with Crippen LogP contribution in [0.4, 0.5) is 14.5 Å². The van der Waals surface area contributed by atoms with Crippen molar-refractivity contribution in [3.8, 4) is 0 Å². The molecule has 0 unspecified atom stereocenters. The molecule has 0 bridgehead atoms. The number of esters is 1. The number of aryl methyl sites for hydroxylation is 1. The molecule has 0 amide bonds. The van der Waals surface area contributed by atoms with E-state index in [0.717, 1.165) is 17.7 Å². The summed E-state index contributed by atoms with van der Waals surface area (Å²) in [6, 6.07) is 8.21. The van der Waals surface area contributed by atoms with Gasteiger partial charge in [-0.05, 0) is 48.4 Å². The maximum absolute atomic E-state index is 13.0. The molecule has 0 aliphatic rings. The Morgan fingerprint density at radius 2 is 1.90 bits per heavy atom. The number of halogens is 2. The fourth-order valence-electron chi connectivity index (χ4n) is 1.79. The number of carbonyl (C=O) groups excluding carboxylic acids is 1. The van der Waals surface area contributed by atoms with Crippen LogP contribution in [0, 0.1) is 18.6 Å². The standard InChI is InChI=1S/C15H13F2NO2/c1-9-4-11(7-12(18)5-9)15(19)20-8-10-2-3-13(16)14(17)6-10/h2-7H,8,18H2,1H3. The van der Waals surface area contributed by atoms with Gasteiger partial charge in [-0.1, -0.05) is 6.07 Å². The molecule has 0 spiro atoms. The molecule has 0 heterocycles. The Morgan fingerprint density at radius 1 is 1.15 bits per heavy atom. The molecule has 2 aromatic rings. The summed E-state index contributed by atoms with van der Waals surface area (Å²) in [7, 11) is 0. The maximum Gasteiger partial charge on any atom is 0.338 e. The van der Waals surface area contributed by atoms with E-state index >= 15 is 0 Å². The van der Waals surface area contributed by atoms with Gasteiger partial charge in [-0.25, -0.2) is 13.6 Å². The summed E-state index contributed by atoms with van der Waals surface area (Å²) in [5, 5.41) is 0. The van der Waals surface area contributed by atoms with Crippen molar-refractivity contribution in [3.05, 3.63) is 64.7 Å². The number of hydrogen-bond acceptors (Lipinski definition) is 3. The Kier molecular flexibility index (Phi) is 3.98. The number of ether oxygens (including phenoxy) is 1. The Morgan fingerprint density at radius 3 is 2.55 bits per heavy atom. The molecule has 0 saturated carbocycles. The quantitative estimate of drug-likeness (QED) is 0.692. The molecule has 0 saturated heterocycles. The van der Waals surface area contributed by atoms with Crippen LogP contribution in [-0.2, 0) is 11.3 Å². The molecule has 2 rings (SSSR count). The van der Waals surface area contributed by atoms with E-state index in [1.807, 2.05) is 6.92 Å². The van der Waals surface area contributed by atoms with Gasteiger partial charge in [0.1, 0.15) is 6.61 Å². The largest absolute Gasteiger partial charge is 0.457 e.